The standard InChI is InChI=1S/C9H14N2O2/c1-2-13-9(12)8-4-3-7(11-8)5-6-10/h7-8,11H,2-5H2,1H3/t7-,8-/m0/s1. The quantitative estimate of drug-likeness (QED) is 0.649. The maximum Gasteiger partial charge on any atom is 0.323 e. The van der Waals surface area contributed by atoms with Crippen LogP contribution in [0.15, 0.2) is 0 Å². The Labute approximate surface area is 77.9 Å². The lowest BCUT2D eigenvalue weighted by Gasteiger charge is -2.10. The fraction of sp³-hybridized carbons (Fsp3) is 0.778. The van der Waals surface area contributed by atoms with E-state index in [1.165, 1.54) is 0 Å². The Kier molecular flexibility index (Phi) is 3.71. The molecule has 0 amide bonds. The van der Waals surface area contributed by atoms with Gasteiger partial charge in [0.15, 0.2) is 0 Å². The van der Waals surface area contributed by atoms with Crippen LogP contribution in [0.5, 0.6) is 0 Å². The van der Waals surface area contributed by atoms with E-state index in [2.05, 4.69) is 11.4 Å². The number of esters is 1. The Morgan fingerprint density at radius 3 is 3.08 bits per heavy atom. The summed E-state index contributed by atoms with van der Waals surface area (Å²) >= 11 is 0. The maximum atomic E-state index is 11.2. The zero-order valence-corrected chi connectivity index (χ0v) is 7.75. The van der Waals surface area contributed by atoms with Crippen LogP contribution in [0.2, 0.25) is 0 Å². The summed E-state index contributed by atoms with van der Waals surface area (Å²) < 4.78 is 4.87. The van der Waals surface area contributed by atoms with Gasteiger partial charge in [0.25, 0.3) is 0 Å². The highest BCUT2D eigenvalue weighted by atomic mass is 16.5. The summed E-state index contributed by atoms with van der Waals surface area (Å²) in [6, 6.07) is 2.06. The largest absolute Gasteiger partial charge is 0.465 e. The van der Waals surface area contributed by atoms with Gasteiger partial charge in [-0.15, -0.1) is 0 Å². The second-order valence-electron chi connectivity index (χ2n) is 3.11. The molecule has 72 valence electrons. The topological polar surface area (TPSA) is 62.1 Å². The summed E-state index contributed by atoms with van der Waals surface area (Å²) in [5.41, 5.74) is 0. The predicted molar refractivity (Wildman–Crippen MR) is 46.8 cm³/mol. The third-order valence-electron chi connectivity index (χ3n) is 2.15. The van der Waals surface area contributed by atoms with Crippen LogP contribution in [0.1, 0.15) is 26.2 Å². The van der Waals surface area contributed by atoms with Gasteiger partial charge in [0, 0.05) is 6.04 Å². The maximum absolute atomic E-state index is 11.2. The molecule has 13 heavy (non-hydrogen) atoms. The summed E-state index contributed by atoms with van der Waals surface area (Å²) in [4.78, 5) is 11.2. The van der Waals surface area contributed by atoms with Gasteiger partial charge >= 0.3 is 5.97 Å². The van der Waals surface area contributed by atoms with Crippen molar-refractivity contribution in [3.63, 3.8) is 0 Å². The first kappa shape index (κ1) is 10.0. The molecule has 0 aromatic carbocycles. The Morgan fingerprint density at radius 1 is 1.69 bits per heavy atom. The fourth-order valence-electron chi connectivity index (χ4n) is 1.52. The molecule has 1 heterocycles. The Hall–Kier alpha value is -1.08. The second kappa shape index (κ2) is 4.83. The highest BCUT2D eigenvalue weighted by Gasteiger charge is 2.29. The number of carbonyl (C=O) groups excluding carboxylic acids is 1. The molecule has 0 bridgehead atoms. The molecule has 1 fully saturated rings. The van der Waals surface area contributed by atoms with Crippen LogP contribution in [-0.2, 0) is 9.53 Å². The molecule has 1 rings (SSSR count). The number of nitriles is 1. The average molecular weight is 182 g/mol. The molecule has 1 aliphatic heterocycles. The third kappa shape index (κ3) is 2.71. The van der Waals surface area contributed by atoms with E-state index in [1.54, 1.807) is 6.92 Å². The molecule has 0 aromatic rings. The third-order valence-corrected chi connectivity index (χ3v) is 2.15. The van der Waals surface area contributed by atoms with Crippen LogP contribution < -0.4 is 5.32 Å². The second-order valence-corrected chi connectivity index (χ2v) is 3.11. The molecule has 0 aromatic heterocycles. The molecule has 0 spiro atoms. The first-order chi connectivity index (χ1) is 6.27. The lowest BCUT2D eigenvalue weighted by atomic mass is 10.1. The molecule has 0 unspecified atom stereocenters. The van der Waals surface area contributed by atoms with Crippen molar-refractivity contribution < 1.29 is 9.53 Å². The minimum Gasteiger partial charge on any atom is -0.465 e. The van der Waals surface area contributed by atoms with Crippen molar-refractivity contribution in [2.75, 3.05) is 6.61 Å². The number of nitrogens with zero attached hydrogens (tertiary/aromatic N) is 1. The molecule has 2 atom stereocenters. The lowest BCUT2D eigenvalue weighted by Crippen LogP contribution is -2.36. The van der Waals surface area contributed by atoms with Crippen LogP contribution in [-0.4, -0.2) is 24.7 Å². The van der Waals surface area contributed by atoms with E-state index in [9.17, 15) is 4.79 Å². The molecule has 0 saturated carbocycles. The first-order valence-electron chi connectivity index (χ1n) is 4.57. The zero-order valence-electron chi connectivity index (χ0n) is 7.75. The van der Waals surface area contributed by atoms with E-state index in [1.807, 2.05) is 0 Å². The Morgan fingerprint density at radius 2 is 2.46 bits per heavy atom. The molecule has 0 aliphatic carbocycles. The van der Waals surface area contributed by atoms with Crippen molar-refractivity contribution in [1.82, 2.24) is 5.32 Å². The van der Waals surface area contributed by atoms with E-state index in [-0.39, 0.29) is 18.1 Å². The molecule has 4 heteroatoms. The molecule has 0 radical (unpaired) electrons. The van der Waals surface area contributed by atoms with Crippen LogP contribution >= 0.6 is 0 Å². The number of rotatable bonds is 3. The van der Waals surface area contributed by atoms with Gasteiger partial charge < -0.3 is 10.1 Å². The van der Waals surface area contributed by atoms with Gasteiger partial charge in [0.1, 0.15) is 6.04 Å². The summed E-state index contributed by atoms with van der Waals surface area (Å²) in [5, 5.41) is 11.5. The van der Waals surface area contributed by atoms with Gasteiger partial charge in [-0.25, -0.2) is 0 Å². The van der Waals surface area contributed by atoms with E-state index >= 15 is 0 Å². The normalized spacial score (nSPS) is 26.8. The molecule has 1 saturated heterocycles. The van der Waals surface area contributed by atoms with Crippen LogP contribution in [0.4, 0.5) is 0 Å². The Bertz CT molecular complexity index is 222. The van der Waals surface area contributed by atoms with Crippen molar-refractivity contribution in [2.45, 2.75) is 38.3 Å². The van der Waals surface area contributed by atoms with E-state index in [0.717, 1.165) is 12.8 Å². The zero-order chi connectivity index (χ0) is 9.68. The van der Waals surface area contributed by atoms with Crippen LogP contribution in [0, 0.1) is 11.3 Å². The van der Waals surface area contributed by atoms with Crippen molar-refractivity contribution in [1.29, 1.82) is 5.26 Å². The van der Waals surface area contributed by atoms with Crippen LogP contribution in [0.3, 0.4) is 0 Å². The number of hydrogen-bond acceptors (Lipinski definition) is 4. The van der Waals surface area contributed by atoms with Crippen molar-refractivity contribution in [3.05, 3.63) is 0 Å². The molecule has 4 nitrogen and oxygen atoms in total. The SMILES string of the molecule is CCOC(=O)[C@@H]1CC[C@@H](CC#N)N1. The Balaban J connectivity index is 2.32. The smallest absolute Gasteiger partial charge is 0.323 e. The van der Waals surface area contributed by atoms with Crippen molar-refractivity contribution in [3.8, 4) is 6.07 Å². The van der Waals surface area contributed by atoms with E-state index in [4.69, 9.17) is 10.00 Å². The van der Waals surface area contributed by atoms with Crippen molar-refractivity contribution >= 4 is 5.97 Å². The lowest BCUT2D eigenvalue weighted by molar-refractivity contribution is -0.145. The summed E-state index contributed by atoms with van der Waals surface area (Å²) in [6.07, 6.45) is 2.14. The van der Waals surface area contributed by atoms with Gasteiger partial charge in [-0.1, -0.05) is 0 Å². The molecule has 1 aliphatic rings. The number of hydrogen-bond donors (Lipinski definition) is 1. The average Bonchev–Trinajstić information content (AvgIpc) is 2.54. The van der Waals surface area contributed by atoms with Crippen LogP contribution in [0.25, 0.3) is 0 Å². The predicted octanol–water partition coefficient (Wildman–Crippen LogP) is 0.584. The highest BCUT2D eigenvalue weighted by Crippen LogP contribution is 2.15. The minimum atomic E-state index is -0.196. The highest BCUT2D eigenvalue weighted by molar-refractivity contribution is 5.76. The first-order valence-corrected chi connectivity index (χ1v) is 4.57. The molecule has 1 N–H and O–H groups in total. The van der Waals surface area contributed by atoms with E-state index in [0.29, 0.717) is 13.0 Å². The number of carbonyl (C=O) groups is 1. The summed E-state index contributed by atoms with van der Waals surface area (Å²) in [7, 11) is 0. The van der Waals surface area contributed by atoms with Gasteiger partial charge in [0.05, 0.1) is 19.1 Å². The minimum absolute atomic E-state index is 0.166. The fourth-order valence-corrected chi connectivity index (χ4v) is 1.52. The molecular formula is C9H14N2O2. The van der Waals surface area contributed by atoms with Gasteiger partial charge in [-0.3, -0.25) is 4.79 Å². The molecular weight excluding hydrogens is 168 g/mol. The van der Waals surface area contributed by atoms with Gasteiger partial charge in [-0.2, -0.15) is 5.26 Å². The summed E-state index contributed by atoms with van der Waals surface area (Å²) in [5.74, 6) is -0.192. The van der Waals surface area contributed by atoms with Gasteiger partial charge in [0.2, 0.25) is 0 Å². The number of nitrogens with one attached hydrogen (secondary N) is 1. The summed E-state index contributed by atoms with van der Waals surface area (Å²) in [6.45, 7) is 2.21. The number of ether oxygens (including phenoxy) is 1. The van der Waals surface area contributed by atoms with Crippen molar-refractivity contribution in [2.24, 2.45) is 0 Å². The monoisotopic (exact) mass is 182 g/mol. The van der Waals surface area contributed by atoms with Gasteiger partial charge in [-0.05, 0) is 19.8 Å². The van der Waals surface area contributed by atoms with E-state index < -0.39 is 0 Å².